The summed E-state index contributed by atoms with van der Waals surface area (Å²) in [6, 6.07) is 10.7. The number of fused-ring (bicyclic) bond motifs is 1. The second kappa shape index (κ2) is 6.44. The molecule has 0 saturated heterocycles. The highest BCUT2D eigenvalue weighted by Crippen LogP contribution is 2.33. The molecule has 0 aliphatic heterocycles. The Balaban J connectivity index is 2.15. The predicted molar refractivity (Wildman–Crippen MR) is 99.3 cm³/mol. The normalized spacial score (nSPS) is 11.6. The van der Waals surface area contributed by atoms with E-state index in [9.17, 15) is 8.42 Å². The highest BCUT2D eigenvalue weighted by atomic mass is 32.2. The van der Waals surface area contributed by atoms with Gasteiger partial charge in [-0.2, -0.15) is 0 Å². The quantitative estimate of drug-likeness (QED) is 0.655. The number of hydrogen-bond donors (Lipinski definition) is 0. The Bertz CT molecular complexity index is 1030. The number of hydrogen-bond acceptors (Lipinski definition) is 5. The lowest BCUT2D eigenvalue weighted by atomic mass is 10.2. The van der Waals surface area contributed by atoms with Crippen LogP contribution in [0.15, 0.2) is 45.8 Å². The van der Waals surface area contributed by atoms with Crippen LogP contribution in [-0.4, -0.2) is 28.7 Å². The van der Waals surface area contributed by atoms with Gasteiger partial charge in [0.1, 0.15) is 10.6 Å². The van der Waals surface area contributed by atoms with Crippen LogP contribution in [0.5, 0.6) is 5.75 Å². The zero-order valence-electron chi connectivity index (χ0n) is 14.6. The summed E-state index contributed by atoms with van der Waals surface area (Å²) in [6.07, 6.45) is 0.725. The van der Waals surface area contributed by atoms with Crippen molar-refractivity contribution in [2.24, 2.45) is 0 Å². The highest BCUT2D eigenvalue weighted by Gasteiger charge is 2.28. The number of methoxy groups -OCH3 is 1. The first-order valence-corrected chi connectivity index (χ1v) is 9.34. The summed E-state index contributed by atoms with van der Waals surface area (Å²) >= 11 is 0. The minimum absolute atomic E-state index is 0.112. The number of anilines is 1. The Labute approximate surface area is 147 Å². The van der Waals surface area contributed by atoms with Gasteiger partial charge in [0, 0.05) is 0 Å². The molecule has 0 atom stereocenters. The molecule has 3 rings (SSSR count). The third kappa shape index (κ3) is 2.97. The van der Waals surface area contributed by atoms with E-state index in [0.29, 0.717) is 16.7 Å². The number of rotatable bonds is 5. The Kier molecular flexibility index (Phi) is 4.47. The lowest BCUT2D eigenvalue weighted by Crippen LogP contribution is -2.29. The van der Waals surface area contributed by atoms with Crippen LogP contribution in [0.2, 0.25) is 0 Å². The van der Waals surface area contributed by atoms with Crippen LogP contribution in [-0.2, 0) is 16.4 Å². The first-order chi connectivity index (χ1) is 11.9. The smallest absolute Gasteiger partial charge is 0.257 e. The summed E-state index contributed by atoms with van der Waals surface area (Å²) in [5.41, 5.74) is 2.44. The van der Waals surface area contributed by atoms with Crippen molar-refractivity contribution in [2.75, 3.05) is 11.3 Å². The Morgan fingerprint density at radius 3 is 2.68 bits per heavy atom. The summed E-state index contributed by atoms with van der Waals surface area (Å²) in [7, 11) is -0.937. The van der Waals surface area contributed by atoms with Crippen molar-refractivity contribution in [1.82, 2.24) is 5.16 Å². The van der Waals surface area contributed by atoms with Gasteiger partial charge >= 0.3 is 0 Å². The first-order valence-electron chi connectivity index (χ1n) is 7.90. The highest BCUT2D eigenvalue weighted by molar-refractivity contribution is 7.94. The number of benzene rings is 2. The Hall–Kier alpha value is -2.48. The SMILES string of the molecule is BN(c1noc2ccc(C)cc12)S(=O)(=O)c1cc(CC)ccc1OC. The maximum absolute atomic E-state index is 13.2. The first kappa shape index (κ1) is 17.4. The minimum Gasteiger partial charge on any atom is -0.495 e. The van der Waals surface area contributed by atoms with Crippen LogP contribution in [0.1, 0.15) is 18.1 Å². The maximum atomic E-state index is 13.2. The average molecular weight is 358 g/mol. The van der Waals surface area contributed by atoms with E-state index in [1.54, 1.807) is 18.2 Å². The van der Waals surface area contributed by atoms with Gasteiger partial charge in [0.05, 0.1) is 12.5 Å². The van der Waals surface area contributed by atoms with Crippen molar-refractivity contribution in [3.05, 3.63) is 47.5 Å². The van der Waals surface area contributed by atoms with Crippen molar-refractivity contribution in [3.8, 4) is 5.75 Å². The molecule has 0 fully saturated rings. The molecule has 0 bridgehead atoms. The largest absolute Gasteiger partial charge is 0.495 e. The van der Waals surface area contributed by atoms with Gasteiger partial charge in [-0.1, -0.05) is 29.8 Å². The summed E-state index contributed by atoms with van der Waals surface area (Å²) in [5.74, 6) is 0.552. The standard InChI is InChI=1S/C17H19BN2O4S/c1-4-12-6-8-15(23-3)16(10-12)25(21,22)20(18)17-13-9-11(2)5-7-14(13)24-19-17/h5-10H,4,18H2,1-3H3. The van der Waals surface area contributed by atoms with Crippen LogP contribution in [0.25, 0.3) is 11.0 Å². The van der Waals surface area contributed by atoms with E-state index in [4.69, 9.17) is 9.26 Å². The fourth-order valence-electron chi connectivity index (χ4n) is 2.67. The molecule has 3 aromatic rings. The van der Waals surface area contributed by atoms with Gasteiger partial charge in [0.25, 0.3) is 10.0 Å². The molecule has 1 aromatic heterocycles. The molecule has 0 unspecified atom stereocenters. The van der Waals surface area contributed by atoms with E-state index in [1.165, 1.54) is 15.1 Å². The van der Waals surface area contributed by atoms with E-state index < -0.39 is 10.0 Å². The van der Waals surface area contributed by atoms with E-state index in [2.05, 4.69) is 5.16 Å². The fourth-order valence-corrected chi connectivity index (χ4v) is 4.03. The van der Waals surface area contributed by atoms with E-state index in [1.807, 2.05) is 32.0 Å². The van der Waals surface area contributed by atoms with Gasteiger partial charge in [0.15, 0.2) is 11.4 Å². The minimum atomic E-state index is -3.86. The molecule has 8 heteroatoms. The number of aromatic nitrogens is 1. The zero-order valence-corrected chi connectivity index (χ0v) is 15.4. The summed E-state index contributed by atoms with van der Waals surface area (Å²) in [4.78, 5) is 0.112. The van der Waals surface area contributed by atoms with E-state index in [0.717, 1.165) is 21.8 Å². The molecule has 130 valence electrons. The van der Waals surface area contributed by atoms with Gasteiger partial charge in [-0.25, -0.2) is 8.42 Å². The number of nitrogens with zero attached hydrogens (tertiary/aromatic N) is 2. The van der Waals surface area contributed by atoms with Gasteiger partial charge in [0.2, 0.25) is 7.98 Å². The topological polar surface area (TPSA) is 72.6 Å². The second-order valence-electron chi connectivity index (χ2n) is 5.82. The molecule has 2 aromatic carbocycles. The summed E-state index contributed by atoms with van der Waals surface area (Å²) in [6.45, 7) is 3.90. The van der Waals surface area contributed by atoms with Crippen LogP contribution in [0.3, 0.4) is 0 Å². The predicted octanol–water partition coefficient (Wildman–Crippen LogP) is 2.45. The van der Waals surface area contributed by atoms with Gasteiger partial charge in [-0.15, -0.1) is 0 Å². The van der Waals surface area contributed by atoms with Gasteiger partial charge in [-0.05, 0) is 43.2 Å². The average Bonchev–Trinajstić information content (AvgIpc) is 3.03. The lowest BCUT2D eigenvalue weighted by Gasteiger charge is -2.19. The molecule has 0 radical (unpaired) electrons. The summed E-state index contributed by atoms with van der Waals surface area (Å²) in [5, 5.41) is 4.61. The van der Waals surface area contributed by atoms with Crippen LogP contribution in [0.4, 0.5) is 5.82 Å². The Morgan fingerprint density at radius 2 is 2.00 bits per heavy atom. The van der Waals surface area contributed by atoms with Crippen molar-refractivity contribution in [1.29, 1.82) is 0 Å². The molecule has 0 aliphatic carbocycles. The molecule has 0 saturated carbocycles. The third-order valence-electron chi connectivity index (χ3n) is 4.18. The van der Waals surface area contributed by atoms with Crippen molar-refractivity contribution in [3.63, 3.8) is 0 Å². The third-order valence-corrected chi connectivity index (χ3v) is 5.95. The Morgan fingerprint density at radius 1 is 1.24 bits per heavy atom. The molecular weight excluding hydrogens is 339 g/mol. The lowest BCUT2D eigenvalue weighted by molar-refractivity contribution is 0.402. The van der Waals surface area contributed by atoms with Crippen molar-refractivity contribution in [2.45, 2.75) is 25.2 Å². The van der Waals surface area contributed by atoms with E-state index in [-0.39, 0.29) is 10.7 Å². The van der Waals surface area contributed by atoms with Gasteiger partial charge in [-0.3, -0.25) is 0 Å². The molecule has 0 N–H and O–H groups in total. The number of ether oxygens (including phenoxy) is 1. The molecule has 25 heavy (non-hydrogen) atoms. The van der Waals surface area contributed by atoms with Crippen molar-refractivity contribution < 1.29 is 17.7 Å². The van der Waals surface area contributed by atoms with Crippen molar-refractivity contribution >= 4 is 34.8 Å². The van der Waals surface area contributed by atoms with E-state index >= 15 is 0 Å². The second-order valence-corrected chi connectivity index (χ2v) is 7.75. The van der Waals surface area contributed by atoms with Crippen LogP contribution in [0, 0.1) is 6.92 Å². The summed E-state index contributed by atoms with van der Waals surface area (Å²) < 4.78 is 38.0. The fraction of sp³-hybridized carbons (Fsp3) is 0.235. The van der Waals surface area contributed by atoms with Crippen LogP contribution < -0.4 is 8.95 Å². The number of aryl methyl sites for hydroxylation is 2. The molecule has 0 aliphatic rings. The number of sulfonamides is 1. The van der Waals surface area contributed by atoms with Gasteiger partial charge < -0.3 is 13.5 Å². The molecule has 1 heterocycles. The molecular formula is C17H19BN2O4S. The monoisotopic (exact) mass is 358 g/mol. The van der Waals surface area contributed by atoms with Crippen LogP contribution >= 0.6 is 0 Å². The zero-order chi connectivity index (χ0) is 18.2. The maximum Gasteiger partial charge on any atom is 0.257 e. The molecule has 0 spiro atoms. The molecule has 6 nitrogen and oxygen atoms in total. The molecule has 0 amide bonds.